The third kappa shape index (κ3) is 4.39. The first kappa shape index (κ1) is 17.0. The minimum atomic E-state index is -0.111. The molecule has 0 aliphatic carbocycles. The molecule has 130 valence electrons. The van der Waals surface area contributed by atoms with E-state index in [4.69, 9.17) is 9.47 Å². The highest BCUT2D eigenvalue weighted by Gasteiger charge is 2.17. The number of rotatable bonds is 6. The molecule has 1 aliphatic heterocycles. The van der Waals surface area contributed by atoms with Crippen LogP contribution in [0.25, 0.3) is 6.08 Å². The highest BCUT2D eigenvalue weighted by molar-refractivity contribution is 5.91. The maximum absolute atomic E-state index is 12.1. The molecule has 0 radical (unpaired) electrons. The molecule has 5 heteroatoms. The second-order valence-corrected chi connectivity index (χ2v) is 6.23. The van der Waals surface area contributed by atoms with Gasteiger partial charge in [-0.05, 0) is 23.8 Å². The number of benzene rings is 2. The Labute approximate surface area is 147 Å². The maximum Gasteiger partial charge on any atom is 0.244 e. The van der Waals surface area contributed by atoms with Gasteiger partial charge in [-0.1, -0.05) is 36.4 Å². The summed E-state index contributed by atoms with van der Waals surface area (Å²) in [7, 11) is 4.18. The lowest BCUT2D eigenvalue weighted by Gasteiger charge is -2.21. The van der Waals surface area contributed by atoms with Crippen molar-refractivity contribution in [1.82, 2.24) is 5.32 Å². The van der Waals surface area contributed by atoms with Gasteiger partial charge in [0.05, 0.1) is 20.6 Å². The van der Waals surface area contributed by atoms with Crippen LogP contribution < -0.4 is 19.7 Å². The van der Waals surface area contributed by atoms with Gasteiger partial charge < -0.3 is 19.7 Å². The summed E-state index contributed by atoms with van der Waals surface area (Å²) < 4.78 is 10.6. The summed E-state index contributed by atoms with van der Waals surface area (Å²) in [6.45, 7) is 0.827. The molecular weight excluding hydrogens is 316 g/mol. The van der Waals surface area contributed by atoms with E-state index in [2.05, 4.69) is 31.5 Å². The largest absolute Gasteiger partial charge is 0.454 e. The second kappa shape index (κ2) is 7.85. The Kier molecular flexibility index (Phi) is 5.36. The van der Waals surface area contributed by atoms with Crippen LogP contribution >= 0.6 is 0 Å². The van der Waals surface area contributed by atoms with E-state index in [0.717, 1.165) is 11.3 Å². The van der Waals surface area contributed by atoms with Crippen molar-refractivity contribution in [3.8, 4) is 11.5 Å². The van der Waals surface area contributed by atoms with E-state index in [-0.39, 0.29) is 18.7 Å². The van der Waals surface area contributed by atoms with Crippen LogP contribution in [0.4, 0.5) is 0 Å². The average Bonchev–Trinajstić information content (AvgIpc) is 3.08. The number of likely N-dealkylation sites (N-methyl/N-ethyl adjacent to an activating group) is 1. The van der Waals surface area contributed by atoms with E-state index in [0.29, 0.717) is 12.3 Å². The van der Waals surface area contributed by atoms with Gasteiger partial charge in [-0.2, -0.15) is 0 Å². The molecule has 2 aromatic rings. The molecule has 0 saturated heterocycles. The zero-order chi connectivity index (χ0) is 17.6. The summed E-state index contributed by atoms with van der Waals surface area (Å²) in [4.78, 5) is 13.4. The summed E-state index contributed by atoms with van der Waals surface area (Å²) in [5, 5.41) is 2.98. The fraction of sp³-hybridized carbons (Fsp3) is 0.250. The van der Waals surface area contributed by atoms with Crippen molar-refractivity contribution < 1.29 is 19.2 Å². The molecule has 0 spiro atoms. The first-order valence-electron chi connectivity index (χ1n) is 8.34. The van der Waals surface area contributed by atoms with E-state index in [9.17, 15) is 4.79 Å². The summed E-state index contributed by atoms with van der Waals surface area (Å²) in [5.41, 5.74) is 2.11. The van der Waals surface area contributed by atoms with Crippen LogP contribution in [-0.2, 0) is 4.79 Å². The highest BCUT2D eigenvalue weighted by atomic mass is 16.7. The summed E-state index contributed by atoms with van der Waals surface area (Å²) in [5.74, 6) is 1.34. The Bertz CT molecular complexity index is 757. The van der Waals surface area contributed by atoms with Gasteiger partial charge in [0.15, 0.2) is 11.5 Å². The fourth-order valence-electron chi connectivity index (χ4n) is 2.79. The second-order valence-electron chi connectivity index (χ2n) is 6.23. The van der Waals surface area contributed by atoms with Gasteiger partial charge in [0.25, 0.3) is 0 Å². The third-order valence-corrected chi connectivity index (χ3v) is 4.20. The van der Waals surface area contributed by atoms with Gasteiger partial charge in [-0.15, -0.1) is 0 Å². The zero-order valence-corrected chi connectivity index (χ0v) is 14.5. The lowest BCUT2D eigenvalue weighted by atomic mass is 10.1. The first-order chi connectivity index (χ1) is 12.1. The van der Waals surface area contributed by atoms with Crippen LogP contribution in [0.5, 0.6) is 11.5 Å². The summed E-state index contributed by atoms with van der Waals surface area (Å²) in [6.07, 6.45) is 3.32. The van der Waals surface area contributed by atoms with E-state index in [1.807, 2.05) is 36.4 Å². The first-order valence-corrected chi connectivity index (χ1v) is 8.34. The minimum absolute atomic E-state index is 0.111. The molecule has 1 aliphatic rings. The van der Waals surface area contributed by atoms with E-state index in [1.165, 1.54) is 10.5 Å². The quantitative estimate of drug-likeness (QED) is 0.783. The molecule has 2 N–H and O–H groups in total. The molecule has 0 fully saturated rings. The molecule has 5 nitrogen and oxygen atoms in total. The van der Waals surface area contributed by atoms with Gasteiger partial charge in [0.2, 0.25) is 12.7 Å². The minimum Gasteiger partial charge on any atom is -0.454 e. The lowest BCUT2D eigenvalue weighted by Crippen LogP contribution is -3.07. The van der Waals surface area contributed by atoms with Crippen molar-refractivity contribution in [3.05, 3.63) is 65.7 Å². The molecule has 3 rings (SSSR count). The number of ether oxygens (including phenoxy) is 2. The topological polar surface area (TPSA) is 52.0 Å². The van der Waals surface area contributed by atoms with Crippen LogP contribution in [0.1, 0.15) is 17.2 Å². The molecule has 0 saturated carbocycles. The lowest BCUT2D eigenvalue weighted by molar-refractivity contribution is -0.890. The predicted octanol–water partition coefficient (Wildman–Crippen LogP) is 1.43. The Morgan fingerprint density at radius 2 is 1.92 bits per heavy atom. The molecule has 0 bridgehead atoms. The van der Waals surface area contributed by atoms with E-state index >= 15 is 0 Å². The number of carbonyl (C=O) groups excluding carboxylic acids is 1. The predicted molar refractivity (Wildman–Crippen MR) is 96.6 cm³/mol. The van der Waals surface area contributed by atoms with Crippen LogP contribution in [0.3, 0.4) is 0 Å². The Morgan fingerprint density at radius 3 is 2.68 bits per heavy atom. The molecule has 1 amide bonds. The van der Waals surface area contributed by atoms with E-state index < -0.39 is 0 Å². The molecule has 1 heterocycles. The molecule has 2 aromatic carbocycles. The average molecular weight is 339 g/mol. The third-order valence-electron chi connectivity index (χ3n) is 4.20. The highest BCUT2D eigenvalue weighted by Crippen LogP contribution is 2.32. The number of carbonyl (C=O) groups is 1. The number of fused-ring (bicyclic) bond motifs is 1. The van der Waals surface area contributed by atoms with Crippen molar-refractivity contribution in [1.29, 1.82) is 0 Å². The van der Waals surface area contributed by atoms with Crippen molar-refractivity contribution >= 4 is 12.0 Å². The van der Waals surface area contributed by atoms with Gasteiger partial charge >= 0.3 is 0 Å². The molecule has 25 heavy (non-hydrogen) atoms. The number of nitrogens with one attached hydrogen (secondary N) is 2. The Balaban J connectivity index is 1.58. The fourth-order valence-corrected chi connectivity index (χ4v) is 2.79. The smallest absolute Gasteiger partial charge is 0.244 e. The number of quaternary nitrogens is 1. The normalized spacial score (nSPS) is 14.0. The van der Waals surface area contributed by atoms with Crippen LogP contribution in [-0.4, -0.2) is 33.3 Å². The molecule has 1 atom stereocenters. The van der Waals surface area contributed by atoms with Crippen molar-refractivity contribution in [2.24, 2.45) is 0 Å². The summed E-state index contributed by atoms with van der Waals surface area (Å²) >= 11 is 0. The van der Waals surface area contributed by atoms with Gasteiger partial charge in [-0.3, -0.25) is 4.79 Å². The maximum atomic E-state index is 12.1. The monoisotopic (exact) mass is 339 g/mol. The van der Waals surface area contributed by atoms with Crippen molar-refractivity contribution in [2.75, 3.05) is 27.4 Å². The number of hydrogen-bond acceptors (Lipinski definition) is 3. The summed E-state index contributed by atoms with van der Waals surface area (Å²) in [6, 6.07) is 16.0. The molecular formula is C20H23N2O3+. The van der Waals surface area contributed by atoms with Crippen molar-refractivity contribution in [2.45, 2.75) is 6.04 Å². The Morgan fingerprint density at radius 1 is 1.16 bits per heavy atom. The standard InChI is InChI=1S/C20H22N2O3/c1-22(2)17(16-6-4-3-5-7-16)13-21-20(23)11-9-15-8-10-18-19(12-15)25-14-24-18/h3-12,17H,13-14H2,1-2H3,(H,21,23)/p+1/t17-/m1/s1. The van der Waals surface area contributed by atoms with E-state index in [1.54, 1.807) is 12.2 Å². The molecule has 0 aromatic heterocycles. The van der Waals surface area contributed by atoms with Crippen LogP contribution in [0, 0.1) is 0 Å². The Hall–Kier alpha value is -2.79. The zero-order valence-electron chi connectivity index (χ0n) is 14.5. The van der Waals surface area contributed by atoms with Crippen molar-refractivity contribution in [3.63, 3.8) is 0 Å². The van der Waals surface area contributed by atoms with Gasteiger partial charge in [-0.25, -0.2) is 0 Å². The van der Waals surface area contributed by atoms with Gasteiger partial charge in [0, 0.05) is 11.6 Å². The van der Waals surface area contributed by atoms with Crippen LogP contribution in [0.15, 0.2) is 54.6 Å². The SMILES string of the molecule is C[NH+](C)[C@H](CNC(=O)C=Cc1ccc2c(c1)OCO2)c1ccccc1. The number of amides is 1. The van der Waals surface area contributed by atoms with Crippen LogP contribution in [0.2, 0.25) is 0 Å². The molecule has 0 unspecified atom stereocenters. The van der Waals surface area contributed by atoms with Gasteiger partial charge in [0.1, 0.15) is 6.04 Å². The number of hydrogen-bond donors (Lipinski definition) is 2.